The number of aromatic nitrogens is 2. The van der Waals surface area contributed by atoms with Crippen LogP contribution >= 0.6 is 0 Å². The maximum Gasteiger partial charge on any atom is 0.490 e. The van der Waals surface area contributed by atoms with Gasteiger partial charge in [0.25, 0.3) is 5.91 Å². The van der Waals surface area contributed by atoms with Gasteiger partial charge in [-0.1, -0.05) is 42.5 Å². The van der Waals surface area contributed by atoms with Crippen molar-refractivity contribution in [3.8, 4) is 0 Å². The van der Waals surface area contributed by atoms with Gasteiger partial charge in [-0.15, -0.1) is 0 Å². The number of carboxylic acid groups (broad SMARTS) is 2. The Morgan fingerprint density at radius 2 is 1.40 bits per heavy atom. The minimum Gasteiger partial charge on any atom is -0.475 e. The molecular formula is C29H28F6N4O6. The first kappa shape index (κ1) is 34.9. The van der Waals surface area contributed by atoms with Crippen LogP contribution < -0.4 is 0 Å². The minimum absolute atomic E-state index is 0.0658. The SMILES string of the molecule is O=C(O)C(F)(F)F.O=C(O)C(F)(F)F.O=C1N(Cc2ccccc2)CCOC12CN(Cc1cccnc1)CC2c1cccnc1. The van der Waals surface area contributed by atoms with E-state index in [2.05, 4.69) is 39.1 Å². The number of alkyl halides is 6. The number of benzene rings is 1. The van der Waals surface area contributed by atoms with E-state index in [0.29, 0.717) is 26.2 Å². The third-order valence-corrected chi connectivity index (χ3v) is 6.75. The molecule has 2 fully saturated rings. The summed E-state index contributed by atoms with van der Waals surface area (Å²) in [4.78, 5) is 44.5. The second-order valence-corrected chi connectivity index (χ2v) is 9.93. The number of likely N-dealkylation sites (tertiary alicyclic amines) is 1. The number of carbonyl (C=O) groups excluding carboxylic acids is 1. The fourth-order valence-electron chi connectivity index (χ4n) is 4.83. The molecule has 2 aliphatic rings. The van der Waals surface area contributed by atoms with E-state index in [0.717, 1.165) is 29.8 Å². The van der Waals surface area contributed by atoms with Crippen molar-refractivity contribution in [1.29, 1.82) is 0 Å². The maximum absolute atomic E-state index is 13.9. The highest BCUT2D eigenvalue weighted by atomic mass is 19.4. The lowest BCUT2D eigenvalue weighted by atomic mass is 9.83. The molecule has 16 heteroatoms. The fourth-order valence-corrected chi connectivity index (χ4v) is 4.83. The molecule has 5 rings (SSSR count). The van der Waals surface area contributed by atoms with Gasteiger partial charge in [-0.05, 0) is 28.8 Å². The summed E-state index contributed by atoms with van der Waals surface area (Å²) in [6.07, 6.45) is -2.87. The monoisotopic (exact) mass is 642 g/mol. The number of rotatable bonds is 5. The average molecular weight is 643 g/mol. The molecular weight excluding hydrogens is 614 g/mol. The molecule has 3 aromatic rings. The van der Waals surface area contributed by atoms with Crippen molar-refractivity contribution in [3.63, 3.8) is 0 Å². The van der Waals surface area contributed by atoms with Crippen LogP contribution in [0, 0.1) is 0 Å². The van der Waals surface area contributed by atoms with Gasteiger partial charge in [-0.25, -0.2) is 9.59 Å². The van der Waals surface area contributed by atoms with Crippen LogP contribution in [0.4, 0.5) is 26.3 Å². The van der Waals surface area contributed by atoms with E-state index >= 15 is 0 Å². The van der Waals surface area contributed by atoms with Crippen molar-refractivity contribution in [2.24, 2.45) is 0 Å². The van der Waals surface area contributed by atoms with Gasteiger partial charge in [0.1, 0.15) is 0 Å². The van der Waals surface area contributed by atoms with Gasteiger partial charge < -0.3 is 19.8 Å². The first-order valence-electron chi connectivity index (χ1n) is 13.2. The molecule has 0 bridgehead atoms. The smallest absolute Gasteiger partial charge is 0.475 e. The number of morpholine rings is 1. The van der Waals surface area contributed by atoms with E-state index in [1.807, 2.05) is 47.6 Å². The zero-order valence-electron chi connectivity index (χ0n) is 23.4. The Kier molecular flexibility index (Phi) is 11.6. The Bertz CT molecular complexity index is 1390. The summed E-state index contributed by atoms with van der Waals surface area (Å²) < 4.78 is 69.8. The van der Waals surface area contributed by atoms with E-state index in [1.165, 1.54) is 0 Å². The lowest BCUT2D eigenvalue weighted by molar-refractivity contribution is -0.193. The van der Waals surface area contributed by atoms with Crippen LogP contribution in [0.1, 0.15) is 22.6 Å². The molecule has 4 heterocycles. The summed E-state index contributed by atoms with van der Waals surface area (Å²) in [7, 11) is 0. The van der Waals surface area contributed by atoms with Gasteiger partial charge in [0.2, 0.25) is 0 Å². The zero-order valence-corrected chi connectivity index (χ0v) is 23.4. The molecule has 1 aromatic carbocycles. The topological polar surface area (TPSA) is 133 Å². The summed E-state index contributed by atoms with van der Waals surface area (Å²) in [5.74, 6) is -5.51. The summed E-state index contributed by atoms with van der Waals surface area (Å²) >= 11 is 0. The standard InChI is InChI=1S/C25H26N4O2.2C2HF3O2/c30-24-25(31-13-12-29(24)17-20-6-2-1-3-7-20)19-28(16-21-8-4-10-26-14-21)18-23(25)22-9-5-11-27-15-22;2*3-2(4,5)1(6)7/h1-11,14-15,23H,12-13,16-19H2;2*(H,6,7). The molecule has 242 valence electrons. The summed E-state index contributed by atoms with van der Waals surface area (Å²) in [6.45, 7) is 3.79. The van der Waals surface area contributed by atoms with Crippen molar-refractivity contribution in [2.45, 2.75) is 37.0 Å². The molecule has 0 aliphatic carbocycles. The number of carbonyl (C=O) groups is 3. The van der Waals surface area contributed by atoms with Crippen LogP contribution in [0.2, 0.25) is 0 Å². The number of hydrogen-bond acceptors (Lipinski definition) is 7. The Morgan fingerprint density at radius 3 is 1.91 bits per heavy atom. The highest BCUT2D eigenvalue weighted by Crippen LogP contribution is 2.42. The van der Waals surface area contributed by atoms with E-state index in [4.69, 9.17) is 24.5 Å². The third-order valence-electron chi connectivity index (χ3n) is 6.75. The van der Waals surface area contributed by atoms with Crippen LogP contribution in [0.15, 0.2) is 79.4 Å². The van der Waals surface area contributed by atoms with Crippen molar-refractivity contribution >= 4 is 17.8 Å². The first-order chi connectivity index (χ1) is 21.1. The highest BCUT2D eigenvalue weighted by molar-refractivity contribution is 5.88. The second-order valence-electron chi connectivity index (χ2n) is 9.93. The number of ether oxygens (including phenoxy) is 1. The summed E-state index contributed by atoms with van der Waals surface area (Å²) in [6, 6.07) is 18.2. The number of carboxylic acids is 2. The zero-order chi connectivity index (χ0) is 33.3. The molecule has 1 amide bonds. The van der Waals surface area contributed by atoms with Crippen molar-refractivity contribution in [2.75, 3.05) is 26.2 Å². The number of amides is 1. The molecule has 1 spiro atoms. The fraction of sp³-hybridized carbons (Fsp3) is 0.345. The van der Waals surface area contributed by atoms with Crippen molar-refractivity contribution < 1.29 is 55.7 Å². The third kappa shape index (κ3) is 9.71. The number of hydrogen-bond donors (Lipinski definition) is 2. The van der Waals surface area contributed by atoms with E-state index in [9.17, 15) is 31.1 Å². The van der Waals surface area contributed by atoms with E-state index in [1.54, 1.807) is 12.4 Å². The molecule has 45 heavy (non-hydrogen) atoms. The molecule has 10 nitrogen and oxygen atoms in total. The molecule has 2 N–H and O–H groups in total. The van der Waals surface area contributed by atoms with Gasteiger partial charge in [-0.3, -0.25) is 19.7 Å². The summed E-state index contributed by atoms with van der Waals surface area (Å²) in [5, 5.41) is 14.2. The molecule has 2 unspecified atom stereocenters. The van der Waals surface area contributed by atoms with Crippen LogP contribution in [-0.4, -0.2) is 92.0 Å². The van der Waals surface area contributed by atoms with E-state index in [-0.39, 0.29) is 11.8 Å². The van der Waals surface area contributed by atoms with Crippen LogP contribution in [0.25, 0.3) is 0 Å². The van der Waals surface area contributed by atoms with Crippen molar-refractivity contribution in [3.05, 3.63) is 96.1 Å². The molecule has 0 radical (unpaired) electrons. The lowest BCUT2D eigenvalue weighted by Crippen LogP contribution is -2.59. The minimum atomic E-state index is -5.08. The Morgan fingerprint density at radius 1 is 0.844 bits per heavy atom. The molecule has 2 atom stereocenters. The quantitative estimate of drug-likeness (QED) is 0.394. The number of halogens is 6. The Balaban J connectivity index is 0.000000331. The maximum atomic E-state index is 13.9. The molecule has 0 saturated carbocycles. The van der Waals surface area contributed by atoms with Gasteiger partial charge in [0.15, 0.2) is 5.60 Å². The van der Waals surface area contributed by atoms with E-state index < -0.39 is 29.9 Å². The van der Waals surface area contributed by atoms with Crippen LogP contribution in [0.5, 0.6) is 0 Å². The molecule has 2 aromatic heterocycles. The van der Waals surface area contributed by atoms with Gasteiger partial charge in [0.05, 0.1) is 6.61 Å². The predicted octanol–water partition coefficient (Wildman–Crippen LogP) is 4.14. The van der Waals surface area contributed by atoms with Crippen molar-refractivity contribution in [1.82, 2.24) is 19.8 Å². The molecule has 2 saturated heterocycles. The van der Waals surface area contributed by atoms with Gasteiger partial charge in [-0.2, -0.15) is 26.3 Å². The lowest BCUT2D eigenvalue weighted by Gasteiger charge is -2.42. The predicted molar refractivity (Wildman–Crippen MR) is 144 cm³/mol. The Labute approximate surface area is 252 Å². The molecule has 2 aliphatic heterocycles. The van der Waals surface area contributed by atoms with Gasteiger partial charge >= 0.3 is 24.3 Å². The highest BCUT2D eigenvalue weighted by Gasteiger charge is 2.57. The normalized spacial score (nSPS) is 20.1. The number of aliphatic carboxylic acids is 2. The van der Waals surface area contributed by atoms with Crippen LogP contribution in [0.3, 0.4) is 0 Å². The van der Waals surface area contributed by atoms with Crippen LogP contribution in [-0.2, 0) is 32.2 Å². The first-order valence-corrected chi connectivity index (χ1v) is 13.2. The largest absolute Gasteiger partial charge is 0.490 e. The van der Waals surface area contributed by atoms with Gasteiger partial charge in [0, 0.05) is 63.4 Å². The Hall–Kier alpha value is -4.57. The number of pyridine rings is 2. The average Bonchev–Trinajstić information content (AvgIpc) is 3.35. The number of nitrogens with zero attached hydrogens (tertiary/aromatic N) is 4. The summed E-state index contributed by atoms with van der Waals surface area (Å²) in [5.41, 5.74) is 2.43. The second kappa shape index (κ2) is 14.9.